The number of cyclic esters (lactones) is 1. The van der Waals surface area contributed by atoms with Crippen LogP contribution in [-0.4, -0.2) is 46.9 Å². The molecule has 162 valence electrons. The normalized spacial score (nSPS) is 16.7. The quantitative estimate of drug-likeness (QED) is 0.712. The molecule has 2 aliphatic rings. The summed E-state index contributed by atoms with van der Waals surface area (Å²) in [5.41, 5.74) is -0.638. The molecule has 0 radical (unpaired) electrons. The molecule has 0 unspecified atom stereocenters. The lowest BCUT2D eigenvalue weighted by Crippen LogP contribution is -2.29. The highest BCUT2D eigenvalue weighted by atomic mass is 35.5. The van der Waals surface area contributed by atoms with E-state index in [0.717, 1.165) is 11.9 Å². The number of nitrogens with one attached hydrogen (secondary N) is 2. The van der Waals surface area contributed by atoms with E-state index in [1.54, 1.807) is 6.07 Å². The summed E-state index contributed by atoms with van der Waals surface area (Å²) in [5.74, 6) is 0.148. The molecule has 0 aliphatic carbocycles. The van der Waals surface area contributed by atoms with Crippen molar-refractivity contribution >= 4 is 34.9 Å². The number of anilines is 2. The third kappa shape index (κ3) is 4.41. The first-order valence-corrected chi connectivity index (χ1v) is 9.52. The fourth-order valence-corrected chi connectivity index (χ4v) is 3.47. The Morgan fingerprint density at radius 2 is 2.06 bits per heavy atom. The zero-order valence-corrected chi connectivity index (χ0v) is 16.9. The Morgan fingerprint density at radius 1 is 1.26 bits per heavy atom. The molecule has 0 saturated carbocycles. The van der Waals surface area contributed by atoms with Crippen LogP contribution in [-0.2, 0) is 4.74 Å². The van der Waals surface area contributed by atoms with Gasteiger partial charge in [0.25, 0.3) is 0 Å². The van der Waals surface area contributed by atoms with E-state index in [-0.39, 0.29) is 22.2 Å². The van der Waals surface area contributed by atoms with E-state index < -0.39 is 23.4 Å². The summed E-state index contributed by atoms with van der Waals surface area (Å²) >= 11 is 6.29. The standard InChI is InChI=1S/C19H16ClF3N6O2/c1-10-6-24-2-3-29(7-10)14-5-11(20)4-13(27-14)16-15-12(19(21,22)23)8-31-18(30)28-17(15)26-9-25-16/h4-6,8-9,24H,2-3,7H2,1H3,(H,25,26,28,30). The van der Waals surface area contributed by atoms with Gasteiger partial charge in [0, 0.05) is 24.7 Å². The van der Waals surface area contributed by atoms with Gasteiger partial charge >= 0.3 is 12.3 Å². The summed E-state index contributed by atoms with van der Waals surface area (Å²) in [7, 11) is 0. The van der Waals surface area contributed by atoms with Gasteiger partial charge < -0.3 is 15.0 Å². The number of pyridine rings is 1. The number of ether oxygens (including phenoxy) is 1. The summed E-state index contributed by atoms with van der Waals surface area (Å²) in [4.78, 5) is 26.0. The Bertz CT molecular complexity index is 1100. The molecule has 2 aromatic rings. The van der Waals surface area contributed by atoms with Crippen LogP contribution >= 0.6 is 11.6 Å². The molecular weight excluding hydrogens is 437 g/mol. The van der Waals surface area contributed by atoms with Crippen molar-refractivity contribution in [3.63, 3.8) is 0 Å². The number of rotatable bonds is 2. The van der Waals surface area contributed by atoms with Gasteiger partial charge in [-0.05, 0) is 30.8 Å². The summed E-state index contributed by atoms with van der Waals surface area (Å²) in [6, 6.07) is 3.04. The Morgan fingerprint density at radius 3 is 2.84 bits per heavy atom. The molecule has 4 heterocycles. The van der Waals surface area contributed by atoms with Gasteiger partial charge in [-0.2, -0.15) is 13.2 Å². The molecule has 0 fully saturated rings. The zero-order valence-electron chi connectivity index (χ0n) is 16.1. The zero-order chi connectivity index (χ0) is 22.2. The predicted molar refractivity (Wildman–Crippen MR) is 108 cm³/mol. The lowest BCUT2D eigenvalue weighted by Gasteiger charge is -2.23. The van der Waals surface area contributed by atoms with Crippen molar-refractivity contribution in [1.82, 2.24) is 20.3 Å². The number of carbonyl (C=O) groups excluding carboxylic acids is 1. The van der Waals surface area contributed by atoms with Gasteiger partial charge in [0.15, 0.2) is 0 Å². The molecule has 0 bridgehead atoms. The number of hydrogen-bond donors (Lipinski definition) is 2. The first-order valence-electron chi connectivity index (χ1n) is 9.14. The van der Waals surface area contributed by atoms with E-state index in [1.165, 1.54) is 6.07 Å². The van der Waals surface area contributed by atoms with E-state index in [9.17, 15) is 18.0 Å². The largest absolute Gasteiger partial charge is 0.420 e. The summed E-state index contributed by atoms with van der Waals surface area (Å²) in [6.07, 6.45) is -2.64. The highest BCUT2D eigenvalue weighted by Gasteiger charge is 2.41. The van der Waals surface area contributed by atoms with E-state index in [4.69, 9.17) is 11.6 Å². The van der Waals surface area contributed by atoms with Crippen LogP contribution in [0.2, 0.25) is 5.02 Å². The fraction of sp³-hybridized carbons (Fsp3) is 0.263. The number of carbonyl (C=O) groups is 1. The van der Waals surface area contributed by atoms with Gasteiger partial charge in [-0.1, -0.05) is 11.6 Å². The number of amides is 1. The average Bonchev–Trinajstić information content (AvgIpc) is 3.02. The molecule has 2 aromatic heterocycles. The van der Waals surface area contributed by atoms with E-state index in [2.05, 4.69) is 30.3 Å². The molecule has 8 nitrogen and oxygen atoms in total. The van der Waals surface area contributed by atoms with Crippen LogP contribution < -0.4 is 15.5 Å². The molecule has 0 saturated heterocycles. The van der Waals surface area contributed by atoms with Crippen molar-refractivity contribution in [2.75, 3.05) is 29.9 Å². The second-order valence-corrected chi connectivity index (χ2v) is 7.34. The van der Waals surface area contributed by atoms with Gasteiger partial charge in [0.2, 0.25) is 0 Å². The fourth-order valence-electron chi connectivity index (χ4n) is 3.27. The highest BCUT2D eigenvalue weighted by Crippen LogP contribution is 2.42. The Labute approximate surface area is 179 Å². The Balaban J connectivity index is 1.86. The minimum atomic E-state index is -4.83. The van der Waals surface area contributed by atoms with E-state index in [0.29, 0.717) is 31.7 Å². The lowest BCUT2D eigenvalue weighted by atomic mass is 10.0. The van der Waals surface area contributed by atoms with E-state index in [1.807, 2.05) is 18.0 Å². The number of nitrogens with zero attached hydrogens (tertiary/aromatic N) is 4. The molecule has 31 heavy (non-hydrogen) atoms. The third-order valence-electron chi connectivity index (χ3n) is 4.58. The van der Waals surface area contributed by atoms with Crippen molar-refractivity contribution in [1.29, 1.82) is 0 Å². The molecule has 2 N–H and O–H groups in total. The number of halogens is 4. The summed E-state index contributed by atoms with van der Waals surface area (Å²) in [6.45, 7) is 3.79. The van der Waals surface area contributed by atoms with Crippen molar-refractivity contribution in [2.24, 2.45) is 0 Å². The Hall–Kier alpha value is -3.34. The minimum Gasteiger partial charge on any atom is -0.417 e. The molecule has 0 atom stereocenters. The second kappa shape index (κ2) is 8.06. The number of fused-ring (bicyclic) bond motifs is 1. The van der Waals surface area contributed by atoms with Crippen LogP contribution in [0.3, 0.4) is 0 Å². The molecule has 4 rings (SSSR count). The SMILES string of the molecule is CC1=CNCCN(c2cc(Cl)cc(-c3ncnc4c3C(C(F)(F)F)=COC(=O)N4)n2)C1. The first-order chi connectivity index (χ1) is 14.7. The maximum absolute atomic E-state index is 13.8. The van der Waals surface area contributed by atoms with Crippen molar-refractivity contribution in [3.05, 3.63) is 47.1 Å². The van der Waals surface area contributed by atoms with Crippen molar-refractivity contribution in [3.8, 4) is 11.4 Å². The monoisotopic (exact) mass is 452 g/mol. The van der Waals surface area contributed by atoms with Crippen LogP contribution in [0.1, 0.15) is 12.5 Å². The number of aromatic nitrogens is 3. The second-order valence-electron chi connectivity index (χ2n) is 6.90. The molecule has 1 amide bonds. The Kier molecular flexibility index (Phi) is 5.44. The molecular formula is C19H16ClF3N6O2. The molecule has 12 heteroatoms. The topological polar surface area (TPSA) is 92.3 Å². The highest BCUT2D eigenvalue weighted by molar-refractivity contribution is 6.31. The van der Waals surface area contributed by atoms with Crippen molar-refractivity contribution < 1.29 is 22.7 Å². The van der Waals surface area contributed by atoms with Gasteiger partial charge in [0.05, 0.1) is 11.3 Å². The molecule has 0 spiro atoms. The van der Waals surface area contributed by atoms with E-state index >= 15 is 0 Å². The maximum atomic E-state index is 13.8. The predicted octanol–water partition coefficient (Wildman–Crippen LogP) is 3.97. The molecule has 2 aliphatic heterocycles. The van der Waals surface area contributed by atoms with Crippen LogP contribution in [0.5, 0.6) is 0 Å². The first kappa shape index (κ1) is 20.9. The van der Waals surface area contributed by atoms with Crippen molar-refractivity contribution in [2.45, 2.75) is 13.1 Å². The smallest absolute Gasteiger partial charge is 0.417 e. The molecule has 0 aromatic carbocycles. The van der Waals surface area contributed by atoms with Crippen LogP contribution in [0.25, 0.3) is 17.0 Å². The van der Waals surface area contributed by atoms with Crippen LogP contribution in [0, 0.1) is 0 Å². The van der Waals surface area contributed by atoms with Gasteiger partial charge in [-0.3, -0.25) is 5.32 Å². The summed E-state index contributed by atoms with van der Waals surface area (Å²) < 4.78 is 45.8. The van der Waals surface area contributed by atoms with Crippen LogP contribution in [0.4, 0.5) is 29.6 Å². The third-order valence-corrected chi connectivity index (χ3v) is 4.80. The van der Waals surface area contributed by atoms with Gasteiger partial charge in [-0.15, -0.1) is 0 Å². The maximum Gasteiger partial charge on any atom is 0.420 e. The minimum absolute atomic E-state index is 0.103. The average molecular weight is 453 g/mol. The number of hydrogen-bond acceptors (Lipinski definition) is 7. The van der Waals surface area contributed by atoms with Gasteiger partial charge in [0.1, 0.15) is 35.5 Å². The number of alkyl halides is 3. The lowest BCUT2D eigenvalue weighted by molar-refractivity contribution is -0.0697. The van der Waals surface area contributed by atoms with Gasteiger partial charge in [-0.25, -0.2) is 19.7 Å². The number of allylic oxidation sites excluding steroid dienone is 1. The summed E-state index contributed by atoms with van der Waals surface area (Å²) in [5, 5.41) is 5.63. The van der Waals surface area contributed by atoms with Crippen LogP contribution in [0.15, 0.2) is 36.5 Å².